The molecule has 102 valence electrons. The molecule has 5 heteroatoms. The summed E-state index contributed by atoms with van der Waals surface area (Å²) in [5.74, 6) is 0. The number of hydrogen-bond acceptors (Lipinski definition) is 2. The summed E-state index contributed by atoms with van der Waals surface area (Å²) < 4.78 is 1.06. The van der Waals surface area contributed by atoms with Crippen LogP contribution in [0.5, 0.6) is 0 Å². The number of hydrogen-bond donors (Lipinski definition) is 2. The predicted molar refractivity (Wildman–Crippen MR) is 82.5 cm³/mol. The first-order chi connectivity index (χ1) is 9.16. The molecule has 0 saturated heterocycles. The molecule has 1 aromatic carbocycles. The van der Waals surface area contributed by atoms with Gasteiger partial charge in [-0.2, -0.15) is 5.10 Å². The molecule has 2 aromatic rings. The Morgan fingerprint density at radius 2 is 2.21 bits per heavy atom. The van der Waals surface area contributed by atoms with Crippen LogP contribution in [0.3, 0.4) is 0 Å². The van der Waals surface area contributed by atoms with Crippen LogP contribution in [0.4, 0.5) is 0 Å². The number of aryl methyl sites for hydroxylation is 2. The minimum atomic E-state index is 0.794. The molecule has 0 amide bonds. The fourth-order valence-electron chi connectivity index (χ4n) is 1.93. The van der Waals surface area contributed by atoms with Crippen LogP contribution < -0.4 is 5.32 Å². The van der Waals surface area contributed by atoms with E-state index in [0.717, 1.165) is 46.7 Å². The van der Waals surface area contributed by atoms with Crippen LogP contribution in [-0.2, 0) is 13.0 Å². The third-order valence-corrected chi connectivity index (χ3v) is 3.92. The van der Waals surface area contributed by atoms with Gasteiger partial charge in [0.2, 0.25) is 0 Å². The molecule has 1 heterocycles. The van der Waals surface area contributed by atoms with Gasteiger partial charge in [0, 0.05) is 21.7 Å². The molecule has 0 aliphatic carbocycles. The van der Waals surface area contributed by atoms with Crippen molar-refractivity contribution in [3.63, 3.8) is 0 Å². The van der Waals surface area contributed by atoms with Gasteiger partial charge >= 0.3 is 0 Å². The fourth-order valence-corrected chi connectivity index (χ4v) is 2.53. The summed E-state index contributed by atoms with van der Waals surface area (Å²) >= 11 is 9.59. The largest absolute Gasteiger partial charge is 0.313 e. The van der Waals surface area contributed by atoms with E-state index in [1.807, 2.05) is 18.3 Å². The topological polar surface area (TPSA) is 40.7 Å². The number of rotatable bonds is 6. The minimum Gasteiger partial charge on any atom is -0.313 e. The lowest BCUT2D eigenvalue weighted by Crippen LogP contribution is -2.15. The number of nitrogens with one attached hydrogen (secondary N) is 2. The summed E-state index contributed by atoms with van der Waals surface area (Å²) in [6, 6.07) is 5.92. The summed E-state index contributed by atoms with van der Waals surface area (Å²) in [5.41, 5.74) is 3.58. The molecule has 19 heavy (non-hydrogen) atoms. The molecule has 0 saturated carbocycles. The summed E-state index contributed by atoms with van der Waals surface area (Å²) in [5, 5.41) is 11.2. The Morgan fingerprint density at radius 3 is 2.95 bits per heavy atom. The van der Waals surface area contributed by atoms with E-state index in [1.165, 1.54) is 5.56 Å². The van der Waals surface area contributed by atoms with Gasteiger partial charge in [0.1, 0.15) is 0 Å². The van der Waals surface area contributed by atoms with Crippen molar-refractivity contribution in [1.29, 1.82) is 0 Å². The molecule has 2 N–H and O–H groups in total. The van der Waals surface area contributed by atoms with Crippen LogP contribution >= 0.6 is 27.5 Å². The lowest BCUT2D eigenvalue weighted by molar-refractivity contribution is 0.648. The van der Waals surface area contributed by atoms with E-state index in [1.54, 1.807) is 0 Å². The number of benzene rings is 1. The average Bonchev–Trinajstić information content (AvgIpc) is 2.79. The van der Waals surface area contributed by atoms with Crippen molar-refractivity contribution in [3.8, 4) is 0 Å². The van der Waals surface area contributed by atoms with Crippen molar-refractivity contribution in [3.05, 3.63) is 50.7 Å². The summed E-state index contributed by atoms with van der Waals surface area (Å²) in [6.07, 6.45) is 4.04. The average molecular weight is 343 g/mol. The molecule has 0 bridgehead atoms. The van der Waals surface area contributed by atoms with E-state index in [4.69, 9.17) is 11.6 Å². The first-order valence-corrected chi connectivity index (χ1v) is 7.47. The van der Waals surface area contributed by atoms with Crippen molar-refractivity contribution < 1.29 is 0 Å². The summed E-state index contributed by atoms with van der Waals surface area (Å²) in [4.78, 5) is 0. The van der Waals surface area contributed by atoms with Crippen LogP contribution in [0.25, 0.3) is 0 Å². The molecule has 0 fully saturated rings. The van der Waals surface area contributed by atoms with Gasteiger partial charge in [0.15, 0.2) is 0 Å². The second-order valence-electron chi connectivity index (χ2n) is 4.54. The quantitative estimate of drug-likeness (QED) is 0.783. The van der Waals surface area contributed by atoms with Gasteiger partial charge in [0.25, 0.3) is 0 Å². The van der Waals surface area contributed by atoms with E-state index >= 15 is 0 Å². The predicted octanol–water partition coefficient (Wildman–Crippen LogP) is 3.86. The number of nitrogens with zero attached hydrogens (tertiary/aromatic N) is 1. The molecule has 0 atom stereocenters. The Balaban J connectivity index is 1.72. The zero-order chi connectivity index (χ0) is 13.7. The van der Waals surface area contributed by atoms with Crippen LogP contribution in [0, 0.1) is 6.92 Å². The fraction of sp³-hybridized carbons (Fsp3) is 0.357. The zero-order valence-corrected chi connectivity index (χ0v) is 13.2. The maximum Gasteiger partial charge on any atom is 0.0522 e. The highest BCUT2D eigenvalue weighted by atomic mass is 79.9. The smallest absolute Gasteiger partial charge is 0.0522 e. The van der Waals surface area contributed by atoms with E-state index in [2.05, 4.69) is 44.4 Å². The Hall–Kier alpha value is -0.840. The SMILES string of the molecule is Cc1[nH]ncc1CCCNCc1cc(Br)ccc1Cl. The molecule has 0 unspecified atom stereocenters. The highest BCUT2D eigenvalue weighted by molar-refractivity contribution is 9.10. The molecular formula is C14H17BrClN3. The minimum absolute atomic E-state index is 0.794. The maximum absolute atomic E-state index is 6.14. The van der Waals surface area contributed by atoms with Crippen LogP contribution in [0.2, 0.25) is 5.02 Å². The lowest BCUT2D eigenvalue weighted by atomic mass is 10.1. The third-order valence-electron chi connectivity index (χ3n) is 3.06. The Bertz CT molecular complexity index is 539. The van der Waals surface area contributed by atoms with Gasteiger partial charge < -0.3 is 5.32 Å². The molecule has 0 aliphatic heterocycles. The standard InChI is InChI=1S/C14H17BrClN3/c1-10-11(9-18-19-10)3-2-6-17-8-12-7-13(15)4-5-14(12)16/h4-5,7,9,17H,2-3,6,8H2,1H3,(H,18,19). The van der Waals surface area contributed by atoms with Crippen molar-refractivity contribution in [2.75, 3.05) is 6.54 Å². The Kier molecular flexibility index (Phi) is 5.43. The first-order valence-electron chi connectivity index (χ1n) is 6.30. The molecular weight excluding hydrogens is 326 g/mol. The number of halogens is 2. The molecule has 3 nitrogen and oxygen atoms in total. The lowest BCUT2D eigenvalue weighted by Gasteiger charge is -2.07. The van der Waals surface area contributed by atoms with Crippen LogP contribution in [0.15, 0.2) is 28.9 Å². The number of aromatic nitrogens is 2. The third kappa shape index (κ3) is 4.34. The van der Waals surface area contributed by atoms with Crippen molar-refractivity contribution >= 4 is 27.5 Å². The molecule has 0 spiro atoms. The highest BCUT2D eigenvalue weighted by Gasteiger charge is 2.02. The van der Waals surface area contributed by atoms with E-state index in [9.17, 15) is 0 Å². The summed E-state index contributed by atoms with van der Waals surface area (Å²) in [7, 11) is 0. The van der Waals surface area contributed by atoms with Gasteiger partial charge in [-0.3, -0.25) is 5.10 Å². The van der Waals surface area contributed by atoms with E-state index in [0.29, 0.717) is 0 Å². The second-order valence-corrected chi connectivity index (χ2v) is 5.86. The van der Waals surface area contributed by atoms with Crippen molar-refractivity contribution in [2.24, 2.45) is 0 Å². The molecule has 2 rings (SSSR count). The molecule has 0 radical (unpaired) electrons. The van der Waals surface area contributed by atoms with Gasteiger partial charge in [-0.1, -0.05) is 27.5 Å². The monoisotopic (exact) mass is 341 g/mol. The van der Waals surface area contributed by atoms with Crippen molar-refractivity contribution in [2.45, 2.75) is 26.3 Å². The summed E-state index contributed by atoms with van der Waals surface area (Å²) in [6.45, 7) is 3.81. The van der Waals surface area contributed by atoms with Crippen LogP contribution in [0.1, 0.15) is 23.2 Å². The molecule has 1 aromatic heterocycles. The first kappa shape index (κ1) is 14.6. The second kappa shape index (κ2) is 7.08. The van der Waals surface area contributed by atoms with Gasteiger partial charge in [-0.25, -0.2) is 0 Å². The Labute approximate surface area is 126 Å². The van der Waals surface area contributed by atoms with Crippen LogP contribution in [-0.4, -0.2) is 16.7 Å². The van der Waals surface area contributed by atoms with Gasteiger partial charge in [-0.15, -0.1) is 0 Å². The highest BCUT2D eigenvalue weighted by Crippen LogP contribution is 2.20. The van der Waals surface area contributed by atoms with Crippen molar-refractivity contribution in [1.82, 2.24) is 15.5 Å². The zero-order valence-electron chi connectivity index (χ0n) is 10.8. The molecule has 0 aliphatic rings. The van der Waals surface area contributed by atoms with E-state index in [-0.39, 0.29) is 0 Å². The van der Waals surface area contributed by atoms with Gasteiger partial charge in [-0.05, 0) is 55.6 Å². The maximum atomic E-state index is 6.14. The Morgan fingerprint density at radius 1 is 1.37 bits per heavy atom. The van der Waals surface area contributed by atoms with E-state index < -0.39 is 0 Å². The number of H-pyrrole nitrogens is 1. The number of aromatic amines is 1. The normalized spacial score (nSPS) is 10.9. The van der Waals surface area contributed by atoms with Gasteiger partial charge in [0.05, 0.1) is 6.20 Å².